The molecule has 0 saturated carbocycles. The summed E-state index contributed by atoms with van der Waals surface area (Å²) in [5, 5.41) is 12.3. The van der Waals surface area contributed by atoms with E-state index in [-0.39, 0.29) is 0 Å². The Morgan fingerprint density at radius 2 is 2.00 bits per heavy atom. The van der Waals surface area contributed by atoms with Crippen molar-refractivity contribution in [2.24, 2.45) is 0 Å². The summed E-state index contributed by atoms with van der Waals surface area (Å²) in [7, 11) is 3.19. The van der Waals surface area contributed by atoms with E-state index >= 15 is 0 Å². The number of thiophene rings is 1. The van der Waals surface area contributed by atoms with Crippen molar-refractivity contribution in [1.82, 2.24) is 0 Å². The molecule has 3 nitrogen and oxygen atoms in total. The van der Waals surface area contributed by atoms with Crippen LogP contribution in [0, 0.1) is 2.88 Å². The maximum absolute atomic E-state index is 10.4. The second-order valence-corrected chi connectivity index (χ2v) is 6.50. The zero-order valence-corrected chi connectivity index (χ0v) is 13.0. The minimum absolute atomic E-state index is 0.628. The van der Waals surface area contributed by atoms with Crippen molar-refractivity contribution >= 4 is 33.9 Å². The van der Waals surface area contributed by atoms with E-state index in [2.05, 4.69) is 22.6 Å². The Kier molecular flexibility index (Phi) is 4.47. The molecule has 0 saturated heterocycles. The maximum Gasteiger partial charge on any atom is 0.128 e. The Balaban J connectivity index is 2.38. The predicted molar refractivity (Wildman–Crippen MR) is 80.6 cm³/mol. The van der Waals surface area contributed by atoms with E-state index in [9.17, 15) is 5.11 Å². The molecule has 0 aliphatic carbocycles. The Hall–Kier alpha value is -0.790. The maximum atomic E-state index is 10.4. The first kappa shape index (κ1) is 13.6. The number of ether oxygens (including phenoxy) is 2. The summed E-state index contributed by atoms with van der Waals surface area (Å²) in [5.74, 6) is 1.34. The van der Waals surface area contributed by atoms with Crippen LogP contribution in [0.15, 0.2) is 29.6 Å². The Morgan fingerprint density at radius 3 is 2.56 bits per heavy atom. The van der Waals surface area contributed by atoms with Crippen molar-refractivity contribution in [3.63, 3.8) is 0 Å². The molecule has 0 aliphatic rings. The van der Waals surface area contributed by atoms with Crippen LogP contribution in [0.25, 0.3) is 0 Å². The van der Waals surface area contributed by atoms with E-state index in [4.69, 9.17) is 9.47 Å². The van der Waals surface area contributed by atoms with Gasteiger partial charge in [0, 0.05) is 11.6 Å². The molecule has 1 atom stereocenters. The summed E-state index contributed by atoms with van der Waals surface area (Å²) in [5.41, 5.74) is 1.63. The molecule has 1 aromatic heterocycles. The minimum atomic E-state index is -0.675. The van der Waals surface area contributed by atoms with Crippen molar-refractivity contribution in [1.29, 1.82) is 0 Å². The first-order valence-electron chi connectivity index (χ1n) is 5.29. The minimum Gasteiger partial charge on any atom is -0.497 e. The number of benzene rings is 1. The molecule has 1 unspecified atom stereocenters. The third-order valence-corrected chi connectivity index (χ3v) is 4.45. The summed E-state index contributed by atoms with van der Waals surface area (Å²) in [6, 6.07) is 7.39. The Labute approximate surface area is 124 Å². The van der Waals surface area contributed by atoms with Crippen molar-refractivity contribution in [2.75, 3.05) is 14.2 Å². The molecule has 1 heterocycles. The smallest absolute Gasteiger partial charge is 0.128 e. The van der Waals surface area contributed by atoms with Crippen LogP contribution in [0.2, 0.25) is 0 Å². The number of hydrogen-bond acceptors (Lipinski definition) is 4. The lowest BCUT2D eigenvalue weighted by Crippen LogP contribution is -2.01. The monoisotopic (exact) mass is 376 g/mol. The van der Waals surface area contributed by atoms with Crippen LogP contribution in [0.5, 0.6) is 11.5 Å². The third kappa shape index (κ3) is 2.78. The highest BCUT2D eigenvalue weighted by atomic mass is 127. The molecule has 5 heteroatoms. The number of rotatable bonds is 4. The van der Waals surface area contributed by atoms with Crippen molar-refractivity contribution < 1.29 is 14.6 Å². The van der Waals surface area contributed by atoms with Gasteiger partial charge in [0.1, 0.15) is 17.6 Å². The molecule has 0 spiro atoms. The third-order valence-electron chi connectivity index (χ3n) is 2.64. The number of halogens is 1. The molecule has 96 valence electrons. The second-order valence-electron chi connectivity index (χ2n) is 3.69. The average Bonchev–Trinajstić information content (AvgIpc) is 2.83. The SMILES string of the molecule is COc1ccc(C(O)c2csc(I)c2)c(OC)c1. The molecule has 2 aromatic rings. The van der Waals surface area contributed by atoms with Gasteiger partial charge in [-0.25, -0.2) is 0 Å². The van der Waals surface area contributed by atoms with E-state index in [1.54, 1.807) is 31.6 Å². The number of methoxy groups -OCH3 is 2. The van der Waals surface area contributed by atoms with E-state index in [0.717, 1.165) is 14.0 Å². The van der Waals surface area contributed by atoms with Crippen molar-refractivity contribution in [3.8, 4) is 11.5 Å². The summed E-state index contributed by atoms with van der Waals surface area (Å²) in [6.07, 6.45) is -0.675. The van der Waals surface area contributed by atoms with E-state index in [1.807, 2.05) is 23.6 Å². The van der Waals surface area contributed by atoms with Gasteiger partial charge in [0.05, 0.1) is 17.1 Å². The van der Waals surface area contributed by atoms with Gasteiger partial charge in [-0.15, -0.1) is 11.3 Å². The van der Waals surface area contributed by atoms with E-state index in [0.29, 0.717) is 11.5 Å². The molecule has 0 fully saturated rings. The standard InChI is InChI=1S/C13H13IO3S/c1-16-9-3-4-10(11(6-9)17-2)13(15)8-5-12(14)18-7-8/h3-7,13,15H,1-2H3. The van der Waals surface area contributed by atoms with Gasteiger partial charge >= 0.3 is 0 Å². The van der Waals surface area contributed by atoms with Gasteiger partial charge < -0.3 is 14.6 Å². The van der Waals surface area contributed by atoms with Gasteiger partial charge in [0.15, 0.2) is 0 Å². The fraction of sp³-hybridized carbons (Fsp3) is 0.231. The van der Waals surface area contributed by atoms with Crippen LogP contribution in [-0.4, -0.2) is 19.3 Å². The summed E-state index contributed by atoms with van der Waals surface area (Å²) >= 11 is 3.85. The molecular formula is C13H13IO3S. The molecular weight excluding hydrogens is 363 g/mol. The number of aliphatic hydroxyl groups excluding tert-OH is 1. The van der Waals surface area contributed by atoms with E-state index in [1.165, 1.54) is 0 Å². The van der Waals surface area contributed by atoms with Crippen molar-refractivity contribution in [2.45, 2.75) is 6.10 Å². The van der Waals surface area contributed by atoms with Gasteiger partial charge in [-0.2, -0.15) is 0 Å². The molecule has 18 heavy (non-hydrogen) atoms. The Morgan fingerprint density at radius 1 is 1.22 bits per heavy atom. The summed E-state index contributed by atoms with van der Waals surface area (Å²) < 4.78 is 11.6. The van der Waals surface area contributed by atoms with Gasteiger partial charge in [-0.1, -0.05) is 0 Å². The highest BCUT2D eigenvalue weighted by molar-refractivity contribution is 14.1. The molecule has 0 radical (unpaired) electrons. The molecule has 1 aromatic carbocycles. The number of aliphatic hydroxyl groups is 1. The zero-order valence-electron chi connectivity index (χ0n) is 10.0. The van der Waals surface area contributed by atoms with Crippen molar-refractivity contribution in [3.05, 3.63) is 43.7 Å². The molecule has 1 N–H and O–H groups in total. The van der Waals surface area contributed by atoms with Crippen LogP contribution in [-0.2, 0) is 0 Å². The normalized spacial score (nSPS) is 12.2. The van der Waals surface area contributed by atoms with Crippen LogP contribution in [0.4, 0.5) is 0 Å². The first-order valence-corrected chi connectivity index (χ1v) is 7.25. The largest absolute Gasteiger partial charge is 0.497 e. The molecule has 0 aliphatic heterocycles. The lowest BCUT2D eigenvalue weighted by Gasteiger charge is -2.14. The zero-order chi connectivity index (χ0) is 13.1. The number of hydrogen-bond donors (Lipinski definition) is 1. The van der Waals surface area contributed by atoms with E-state index < -0.39 is 6.10 Å². The van der Waals surface area contributed by atoms with Gasteiger partial charge in [-0.05, 0) is 51.7 Å². The van der Waals surface area contributed by atoms with Crippen LogP contribution >= 0.6 is 33.9 Å². The summed E-state index contributed by atoms with van der Waals surface area (Å²) in [6.45, 7) is 0. The molecule has 0 bridgehead atoms. The van der Waals surface area contributed by atoms with Gasteiger partial charge in [0.2, 0.25) is 0 Å². The Bertz CT molecular complexity index is 539. The molecule has 2 rings (SSSR count). The van der Waals surface area contributed by atoms with Gasteiger partial charge in [-0.3, -0.25) is 0 Å². The predicted octanol–water partition coefficient (Wildman–Crippen LogP) is 3.45. The fourth-order valence-corrected chi connectivity index (χ4v) is 3.08. The lowest BCUT2D eigenvalue weighted by atomic mass is 10.0. The highest BCUT2D eigenvalue weighted by Gasteiger charge is 2.17. The lowest BCUT2D eigenvalue weighted by molar-refractivity contribution is 0.215. The topological polar surface area (TPSA) is 38.7 Å². The van der Waals surface area contributed by atoms with Crippen LogP contribution in [0.1, 0.15) is 17.2 Å². The summed E-state index contributed by atoms with van der Waals surface area (Å²) in [4.78, 5) is 0. The first-order chi connectivity index (χ1) is 8.65. The quantitative estimate of drug-likeness (QED) is 0.831. The fourth-order valence-electron chi connectivity index (χ4n) is 1.69. The van der Waals surface area contributed by atoms with Crippen LogP contribution in [0.3, 0.4) is 0 Å². The van der Waals surface area contributed by atoms with Gasteiger partial charge in [0.25, 0.3) is 0 Å². The molecule has 0 amide bonds. The average molecular weight is 376 g/mol. The highest BCUT2D eigenvalue weighted by Crippen LogP contribution is 2.34. The van der Waals surface area contributed by atoms with Crippen LogP contribution < -0.4 is 9.47 Å². The second kappa shape index (κ2) is 5.90.